The molecule has 0 unspecified atom stereocenters. The van der Waals surface area contributed by atoms with Crippen molar-refractivity contribution in [2.24, 2.45) is 0 Å². The molecular formula is C19H18O6S. The molecule has 0 aliphatic heterocycles. The first kappa shape index (κ1) is 18.0. The Kier molecular flexibility index (Phi) is 5.01. The number of furan rings is 1. The van der Waals surface area contributed by atoms with Gasteiger partial charge in [0, 0.05) is 11.6 Å². The van der Waals surface area contributed by atoms with Crippen LogP contribution in [0, 0.1) is 6.92 Å². The second-order valence-corrected chi connectivity index (χ2v) is 7.02. The van der Waals surface area contributed by atoms with Crippen molar-refractivity contribution in [2.75, 3.05) is 7.11 Å². The average Bonchev–Trinajstić information content (AvgIpc) is 3.02. The molecule has 3 aromatic rings. The number of aryl methyl sites for hydroxylation is 1. The molecule has 0 bridgehead atoms. The van der Waals surface area contributed by atoms with E-state index in [0.29, 0.717) is 17.1 Å². The molecule has 0 aliphatic rings. The number of rotatable bonds is 6. The number of ether oxygens (including phenoxy) is 2. The van der Waals surface area contributed by atoms with Crippen molar-refractivity contribution >= 4 is 10.1 Å². The molecule has 26 heavy (non-hydrogen) atoms. The number of hydrogen-bond donors (Lipinski definition) is 1. The molecule has 0 aliphatic carbocycles. The van der Waals surface area contributed by atoms with Gasteiger partial charge in [-0.05, 0) is 42.3 Å². The van der Waals surface area contributed by atoms with Crippen LogP contribution in [0.3, 0.4) is 0 Å². The number of methoxy groups -OCH3 is 1. The summed E-state index contributed by atoms with van der Waals surface area (Å²) in [5, 5.41) is -0.483. The van der Waals surface area contributed by atoms with Crippen LogP contribution in [0.5, 0.6) is 11.5 Å². The number of hydrogen-bond acceptors (Lipinski definition) is 5. The Hall–Kier alpha value is -2.77. The Morgan fingerprint density at radius 1 is 0.962 bits per heavy atom. The van der Waals surface area contributed by atoms with Gasteiger partial charge < -0.3 is 13.9 Å². The summed E-state index contributed by atoms with van der Waals surface area (Å²) >= 11 is 0. The Bertz CT molecular complexity index is 986. The van der Waals surface area contributed by atoms with E-state index in [2.05, 4.69) is 0 Å². The van der Waals surface area contributed by atoms with Gasteiger partial charge in [-0.1, -0.05) is 24.3 Å². The van der Waals surface area contributed by atoms with Gasteiger partial charge in [-0.15, -0.1) is 0 Å². The minimum absolute atomic E-state index is 0.132. The molecule has 0 saturated carbocycles. The Morgan fingerprint density at radius 2 is 1.50 bits per heavy atom. The molecule has 0 spiro atoms. The van der Waals surface area contributed by atoms with Gasteiger partial charge in [-0.3, -0.25) is 4.55 Å². The van der Waals surface area contributed by atoms with E-state index in [1.807, 2.05) is 48.5 Å². The van der Waals surface area contributed by atoms with Crippen molar-refractivity contribution in [1.29, 1.82) is 0 Å². The molecule has 6 nitrogen and oxygen atoms in total. The summed E-state index contributed by atoms with van der Waals surface area (Å²) in [5.41, 5.74) is 2.64. The van der Waals surface area contributed by atoms with Crippen LogP contribution >= 0.6 is 0 Å². The van der Waals surface area contributed by atoms with Gasteiger partial charge in [0.1, 0.15) is 23.9 Å². The lowest BCUT2D eigenvalue weighted by atomic mass is 10.1. The van der Waals surface area contributed by atoms with Crippen LogP contribution in [0.2, 0.25) is 0 Å². The van der Waals surface area contributed by atoms with E-state index >= 15 is 0 Å². The van der Waals surface area contributed by atoms with Crippen molar-refractivity contribution < 1.29 is 26.9 Å². The molecule has 0 amide bonds. The first-order chi connectivity index (χ1) is 12.4. The van der Waals surface area contributed by atoms with Gasteiger partial charge >= 0.3 is 10.1 Å². The third-order valence-electron chi connectivity index (χ3n) is 3.92. The highest BCUT2D eigenvalue weighted by molar-refractivity contribution is 7.85. The molecule has 7 heteroatoms. The fourth-order valence-electron chi connectivity index (χ4n) is 2.45. The van der Waals surface area contributed by atoms with Crippen molar-refractivity contribution in [3.05, 3.63) is 65.9 Å². The predicted octanol–water partition coefficient (Wildman–Crippen LogP) is 4.09. The van der Waals surface area contributed by atoms with E-state index in [9.17, 15) is 8.42 Å². The molecule has 2 aromatic carbocycles. The maximum atomic E-state index is 11.1. The molecule has 0 radical (unpaired) electrons. The van der Waals surface area contributed by atoms with Gasteiger partial charge in [-0.25, -0.2) is 0 Å². The molecule has 1 aromatic heterocycles. The third kappa shape index (κ3) is 4.07. The lowest BCUT2D eigenvalue weighted by Gasteiger charge is -2.07. The maximum absolute atomic E-state index is 11.1. The van der Waals surface area contributed by atoms with E-state index in [1.165, 1.54) is 6.07 Å². The standard InChI is InChI=1S/C19H18O6S/c1-13-16(11-19(25-13)26(20,21)22)12-24-18-9-5-15(6-10-18)14-3-7-17(23-2)8-4-14/h3-11H,12H2,1-2H3,(H,20,21,22). The monoisotopic (exact) mass is 374 g/mol. The fourth-order valence-corrected chi connectivity index (χ4v) is 2.97. The van der Waals surface area contributed by atoms with E-state index in [1.54, 1.807) is 14.0 Å². The number of benzene rings is 2. The summed E-state index contributed by atoms with van der Waals surface area (Å²) in [6.07, 6.45) is 0. The largest absolute Gasteiger partial charge is 0.497 e. The highest BCUT2D eigenvalue weighted by Crippen LogP contribution is 2.26. The first-order valence-electron chi connectivity index (χ1n) is 7.81. The van der Waals surface area contributed by atoms with Crippen LogP contribution in [-0.2, 0) is 16.7 Å². The summed E-state index contributed by atoms with van der Waals surface area (Å²) in [6.45, 7) is 1.74. The normalized spacial score (nSPS) is 11.3. The van der Waals surface area contributed by atoms with Gasteiger partial charge in [-0.2, -0.15) is 8.42 Å². The third-order valence-corrected chi connectivity index (χ3v) is 4.63. The van der Waals surface area contributed by atoms with Crippen LogP contribution in [0.15, 0.2) is 64.1 Å². The molecule has 1 heterocycles. The van der Waals surface area contributed by atoms with E-state index in [4.69, 9.17) is 18.4 Å². The summed E-state index contributed by atoms with van der Waals surface area (Å²) in [7, 11) is -2.73. The minimum atomic E-state index is -4.36. The van der Waals surface area contributed by atoms with Crippen molar-refractivity contribution in [1.82, 2.24) is 0 Å². The molecule has 0 atom stereocenters. The zero-order chi connectivity index (χ0) is 18.7. The quantitative estimate of drug-likeness (QED) is 0.654. The van der Waals surface area contributed by atoms with Crippen LogP contribution in [0.4, 0.5) is 0 Å². The molecule has 0 saturated heterocycles. The van der Waals surface area contributed by atoms with Gasteiger partial charge in [0.15, 0.2) is 0 Å². The second kappa shape index (κ2) is 7.23. The van der Waals surface area contributed by atoms with Crippen LogP contribution in [0.25, 0.3) is 11.1 Å². The first-order valence-corrected chi connectivity index (χ1v) is 9.25. The predicted molar refractivity (Wildman–Crippen MR) is 96.0 cm³/mol. The van der Waals surface area contributed by atoms with E-state index < -0.39 is 15.2 Å². The van der Waals surface area contributed by atoms with Crippen LogP contribution in [0.1, 0.15) is 11.3 Å². The fraction of sp³-hybridized carbons (Fsp3) is 0.158. The lowest BCUT2D eigenvalue weighted by molar-refractivity contribution is 0.302. The highest BCUT2D eigenvalue weighted by Gasteiger charge is 2.18. The Morgan fingerprint density at radius 3 is 1.96 bits per heavy atom. The summed E-state index contributed by atoms with van der Waals surface area (Å²) in [4.78, 5) is 0. The summed E-state index contributed by atoms with van der Waals surface area (Å²) in [5.74, 6) is 1.82. The Labute approximate surface area is 151 Å². The van der Waals surface area contributed by atoms with Crippen molar-refractivity contribution in [3.63, 3.8) is 0 Å². The van der Waals surface area contributed by atoms with Crippen molar-refractivity contribution in [3.8, 4) is 22.6 Å². The molecule has 0 fully saturated rings. The second-order valence-electron chi connectivity index (χ2n) is 5.66. The SMILES string of the molecule is COc1ccc(-c2ccc(OCc3cc(S(=O)(=O)O)oc3C)cc2)cc1. The molecule has 1 N–H and O–H groups in total. The molecular weight excluding hydrogens is 356 g/mol. The van der Waals surface area contributed by atoms with E-state index in [0.717, 1.165) is 16.9 Å². The highest BCUT2D eigenvalue weighted by atomic mass is 32.2. The minimum Gasteiger partial charge on any atom is -0.497 e. The van der Waals surface area contributed by atoms with Crippen LogP contribution < -0.4 is 9.47 Å². The summed E-state index contributed by atoms with van der Waals surface area (Å²) in [6, 6.07) is 16.5. The Balaban J connectivity index is 1.69. The van der Waals surface area contributed by atoms with Gasteiger partial charge in [0.25, 0.3) is 0 Å². The zero-order valence-corrected chi connectivity index (χ0v) is 15.1. The summed E-state index contributed by atoms with van der Waals surface area (Å²) < 4.78 is 47.1. The van der Waals surface area contributed by atoms with E-state index in [-0.39, 0.29) is 6.61 Å². The topological polar surface area (TPSA) is 86.0 Å². The average molecular weight is 374 g/mol. The van der Waals surface area contributed by atoms with Gasteiger partial charge in [0.2, 0.25) is 5.09 Å². The zero-order valence-electron chi connectivity index (χ0n) is 14.3. The lowest BCUT2D eigenvalue weighted by Crippen LogP contribution is -1.96. The molecule has 136 valence electrons. The smallest absolute Gasteiger partial charge is 0.328 e. The molecule has 3 rings (SSSR count). The van der Waals surface area contributed by atoms with Gasteiger partial charge in [0.05, 0.1) is 7.11 Å². The van der Waals surface area contributed by atoms with Crippen LogP contribution in [-0.4, -0.2) is 20.1 Å². The maximum Gasteiger partial charge on any atom is 0.328 e. The van der Waals surface area contributed by atoms with Crippen molar-refractivity contribution in [2.45, 2.75) is 18.6 Å².